The van der Waals surface area contributed by atoms with E-state index in [2.05, 4.69) is 15.2 Å². The molecule has 142 valence electrons. The van der Waals surface area contributed by atoms with Crippen LogP contribution >= 0.6 is 0 Å². The molecule has 25 heavy (non-hydrogen) atoms. The molecule has 0 spiro atoms. The number of aryl methyl sites for hydroxylation is 2. The van der Waals surface area contributed by atoms with Gasteiger partial charge in [0.15, 0.2) is 15.6 Å². The van der Waals surface area contributed by atoms with Crippen LogP contribution in [-0.4, -0.2) is 52.5 Å². The monoisotopic (exact) mass is 393 g/mol. The van der Waals surface area contributed by atoms with E-state index in [0.29, 0.717) is 19.4 Å². The Kier molecular flexibility index (Phi) is 6.22. The summed E-state index contributed by atoms with van der Waals surface area (Å²) in [7, 11) is -6.74. The maximum atomic E-state index is 12.2. The normalized spacial score (nSPS) is 19.8. The average Bonchev–Trinajstić information content (AvgIpc) is 3.03. The molecule has 1 unspecified atom stereocenters. The minimum atomic E-state index is -3.86. The number of aromatic nitrogens is 1. The second kappa shape index (κ2) is 7.83. The molecule has 1 aromatic heterocycles. The highest BCUT2D eigenvalue weighted by molar-refractivity contribution is 7.91. The molecule has 0 radical (unpaired) electrons. The lowest BCUT2D eigenvalue weighted by Gasteiger charge is -2.09. The molecular weight excluding hydrogens is 370 g/mol. The van der Waals surface area contributed by atoms with Gasteiger partial charge in [0.25, 0.3) is 0 Å². The summed E-state index contributed by atoms with van der Waals surface area (Å²) < 4.78 is 54.1. The van der Waals surface area contributed by atoms with E-state index in [4.69, 9.17) is 4.52 Å². The minimum absolute atomic E-state index is 0.0530. The van der Waals surface area contributed by atoms with E-state index in [0.717, 1.165) is 6.42 Å². The van der Waals surface area contributed by atoms with Gasteiger partial charge in [0.05, 0.1) is 18.1 Å². The average molecular weight is 393 g/mol. The van der Waals surface area contributed by atoms with Crippen LogP contribution < -0.4 is 10.0 Å². The first kappa shape index (κ1) is 19.9. The fraction of sp³-hybridized carbons (Fsp3) is 0.714. The lowest BCUT2D eigenvalue weighted by Crippen LogP contribution is -2.37. The van der Waals surface area contributed by atoms with Crippen LogP contribution in [-0.2, 0) is 24.7 Å². The molecule has 2 N–H and O–H groups in total. The summed E-state index contributed by atoms with van der Waals surface area (Å²) in [6, 6.07) is 0. The van der Waals surface area contributed by atoms with Crippen molar-refractivity contribution >= 4 is 25.8 Å². The molecule has 2 heterocycles. The molecule has 1 aromatic rings. The molecule has 0 bridgehead atoms. The smallest absolute Gasteiger partial charge is 0.246 e. The fourth-order valence-electron chi connectivity index (χ4n) is 2.87. The number of rotatable bonds is 8. The number of hydrogen-bond acceptors (Lipinski definition) is 7. The first-order valence-electron chi connectivity index (χ1n) is 8.00. The number of amides is 1. The summed E-state index contributed by atoms with van der Waals surface area (Å²) in [5, 5.41) is 6.20. The number of carbonyl (C=O) groups excluding carboxylic acids is 1. The maximum absolute atomic E-state index is 12.2. The van der Waals surface area contributed by atoms with Crippen molar-refractivity contribution < 1.29 is 26.2 Å². The van der Waals surface area contributed by atoms with Crippen LogP contribution in [0.4, 0.5) is 0 Å². The van der Waals surface area contributed by atoms with Crippen molar-refractivity contribution in [2.45, 2.75) is 38.0 Å². The standard InChI is InChI=1S/C14H23N3O6S2/c1-10-14(11(2)23-17-10)25(21,22)16-8-13(18)15-6-3-4-12-5-7-24(19,20)9-12/h12,16H,3-9H2,1-2H3,(H,15,18). The molecule has 1 fully saturated rings. The Balaban J connectivity index is 1.71. The van der Waals surface area contributed by atoms with E-state index in [1.165, 1.54) is 13.8 Å². The van der Waals surface area contributed by atoms with Gasteiger partial charge >= 0.3 is 0 Å². The van der Waals surface area contributed by atoms with Crippen molar-refractivity contribution in [3.8, 4) is 0 Å². The highest BCUT2D eigenvalue weighted by atomic mass is 32.2. The number of carbonyl (C=O) groups is 1. The lowest BCUT2D eigenvalue weighted by molar-refractivity contribution is -0.119. The third-order valence-corrected chi connectivity index (χ3v) is 7.58. The number of hydrogen-bond donors (Lipinski definition) is 2. The number of sulfone groups is 1. The van der Waals surface area contributed by atoms with Crippen molar-refractivity contribution in [3.05, 3.63) is 11.5 Å². The highest BCUT2D eigenvalue weighted by Crippen LogP contribution is 2.22. The van der Waals surface area contributed by atoms with Crippen molar-refractivity contribution in [1.29, 1.82) is 0 Å². The van der Waals surface area contributed by atoms with Gasteiger partial charge in [-0.1, -0.05) is 5.16 Å². The van der Waals surface area contributed by atoms with Crippen molar-refractivity contribution in [2.75, 3.05) is 24.6 Å². The Bertz CT molecular complexity index is 809. The van der Waals surface area contributed by atoms with Crippen LogP contribution in [0.5, 0.6) is 0 Å². The Morgan fingerprint density at radius 3 is 2.64 bits per heavy atom. The quantitative estimate of drug-likeness (QED) is 0.589. The van der Waals surface area contributed by atoms with Crippen LogP contribution in [0.2, 0.25) is 0 Å². The van der Waals surface area contributed by atoms with E-state index in [-0.39, 0.29) is 40.3 Å². The molecule has 9 nitrogen and oxygen atoms in total. The summed E-state index contributed by atoms with van der Waals surface area (Å²) >= 11 is 0. The molecular formula is C14H23N3O6S2. The Hall–Kier alpha value is -1.46. The molecule has 1 aliphatic rings. The van der Waals surface area contributed by atoms with Gasteiger partial charge in [-0.25, -0.2) is 21.6 Å². The van der Waals surface area contributed by atoms with Crippen molar-refractivity contribution in [1.82, 2.24) is 15.2 Å². The van der Waals surface area contributed by atoms with Gasteiger partial charge in [-0.2, -0.15) is 0 Å². The fourth-order valence-corrected chi connectivity index (χ4v) is 6.09. The van der Waals surface area contributed by atoms with Gasteiger partial charge in [0, 0.05) is 6.54 Å². The van der Waals surface area contributed by atoms with E-state index in [9.17, 15) is 21.6 Å². The van der Waals surface area contributed by atoms with E-state index in [1.54, 1.807) is 0 Å². The second-order valence-electron chi connectivity index (χ2n) is 6.24. The molecule has 1 aliphatic heterocycles. The van der Waals surface area contributed by atoms with Gasteiger partial charge in [0.1, 0.15) is 10.6 Å². The van der Waals surface area contributed by atoms with E-state index in [1.807, 2.05) is 0 Å². The molecule has 2 rings (SSSR count). The predicted octanol–water partition coefficient (Wildman–Crippen LogP) is -0.0992. The molecule has 0 aliphatic carbocycles. The largest absolute Gasteiger partial charge is 0.360 e. The summed E-state index contributed by atoms with van der Waals surface area (Å²) in [6.07, 6.45) is 2.06. The topological polar surface area (TPSA) is 135 Å². The van der Waals surface area contributed by atoms with Crippen LogP contribution in [0, 0.1) is 19.8 Å². The maximum Gasteiger partial charge on any atom is 0.246 e. The first-order valence-corrected chi connectivity index (χ1v) is 11.3. The van der Waals surface area contributed by atoms with Gasteiger partial charge in [-0.05, 0) is 39.0 Å². The minimum Gasteiger partial charge on any atom is -0.360 e. The van der Waals surface area contributed by atoms with Crippen LogP contribution in [0.3, 0.4) is 0 Å². The number of nitrogens with one attached hydrogen (secondary N) is 2. The molecule has 1 saturated heterocycles. The van der Waals surface area contributed by atoms with Crippen molar-refractivity contribution in [3.63, 3.8) is 0 Å². The summed E-state index contributed by atoms with van der Waals surface area (Å²) in [5.74, 6) is 0.331. The third kappa shape index (κ3) is 5.51. The van der Waals surface area contributed by atoms with Gasteiger partial charge < -0.3 is 9.84 Å². The third-order valence-electron chi connectivity index (χ3n) is 4.10. The first-order chi connectivity index (χ1) is 11.6. The number of sulfonamides is 1. The van der Waals surface area contributed by atoms with E-state index >= 15 is 0 Å². The summed E-state index contributed by atoms with van der Waals surface area (Å²) in [5.41, 5.74) is 0.233. The zero-order chi connectivity index (χ0) is 18.7. The Morgan fingerprint density at radius 1 is 1.36 bits per heavy atom. The van der Waals surface area contributed by atoms with Gasteiger partial charge in [0.2, 0.25) is 15.9 Å². The lowest BCUT2D eigenvalue weighted by atomic mass is 10.0. The summed E-state index contributed by atoms with van der Waals surface area (Å²) in [4.78, 5) is 11.7. The number of nitrogens with zero attached hydrogens (tertiary/aromatic N) is 1. The van der Waals surface area contributed by atoms with Gasteiger partial charge in [-0.3, -0.25) is 4.79 Å². The van der Waals surface area contributed by atoms with Crippen LogP contribution in [0.1, 0.15) is 30.7 Å². The van der Waals surface area contributed by atoms with Gasteiger partial charge in [-0.15, -0.1) is 0 Å². The molecule has 11 heteroatoms. The van der Waals surface area contributed by atoms with E-state index < -0.39 is 25.8 Å². The zero-order valence-corrected chi connectivity index (χ0v) is 15.9. The predicted molar refractivity (Wildman–Crippen MR) is 90.2 cm³/mol. The van der Waals surface area contributed by atoms with Crippen LogP contribution in [0.15, 0.2) is 9.42 Å². The summed E-state index contributed by atoms with van der Waals surface area (Å²) in [6.45, 7) is 2.98. The molecule has 1 amide bonds. The SMILES string of the molecule is Cc1noc(C)c1S(=O)(=O)NCC(=O)NCCCC1CCS(=O)(=O)C1. The molecule has 0 saturated carbocycles. The molecule has 0 aromatic carbocycles. The Morgan fingerprint density at radius 2 is 2.08 bits per heavy atom. The zero-order valence-electron chi connectivity index (χ0n) is 14.2. The highest BCUT2D eigenvalue weighted by Gasteiger charge is 2.27. The van der Waals surface area contributed by atoms with Crippen LogP contribution in [0.25, 0.3) is 0 Å². The second-order valence-corrected chi connectivity index (χ2v) is 10.2. The molecule has 1 atom stereocenters. The van der Waals surface area contributed by atoms with Crippen molar-refractivity contribution in [2.24, 2.45) is 5.92 Å². The Labute approximate surface area is 147 Å².